The monoisotopic (exact) mass is 237 g/mol. The van der Waals surface area contributed by atoms with Crippen LogP contribution >= 0.6 is 0 Å². The lowest BCUT2D eigenvalue weighted by Crippen LogP contribution is -2.24. The molecule has 4 heteroatoms. The Morgan fingerprint density at radius 3 is 2.88 bits per heavy atom. The summed E-state index contributed by atoms with van der Waals surface area (Å²) in [5.74, 6) is 2.02. The Morgan fingerprint density at radius 2 is 2.24 bits per heavy atom. The van der Waals surface area contributed by atoms with Crippen molar-refractivity contribution in [2.45, 2.75) is 39.3 Å². The van der Waals surface area contributed by atoms with Gasteiger partial charge < -0.3 is 14.4 Å². The van der Waals surface area contributed by atoms with E-state index in [-0.39, 0.29) is 12.5 Å². The topological polar surface area (TPSA) is 53.7 Å². The molecule has 1 aromatic heterocycles. The number of aliphatic hydroxyl groups is 1. The van der Waals surface area contributed by atoms with Crippen LogP contribution in [-0.2, 0) is 17.9 Å². The van der Waals surface area contributed by atoms with Crippen LogP contribution in [0.2, 0.25) is 0 Å². The lowest BCUT2D eigenvalue weighted by molar-refractivity contribution is -0.128. The second kappa shape index (κ2) is 5.36. The smallest absolute Gasteiger partial charge is 0.223 e. The average Bonchev–Trinajstić information content (AvgIpc) is 2.88. The number of nitrogens with zero attached hydrogens (tertiary/aromatic N) is 1. The van der Waals surface area contributed by atoms with E-state index in [9.17, 15) is 4.79 Å². The molecule has 0 radical (unpaired) electrons. The zero-order chi connectivity index (χ0) is 12.3. The predicted molar refractivity (Wildman–Crippen MR) is 63.1 cm³/mol. The summed E-state index contributed by atoms with van der Waals surface area (Å²) in [7, 11) is 0. The normalized spacial score (nSPS) is 20.2. The molecule has 17 heavy (non-hydrogen) atoms. The quantitative estimate of drug-likeness (QED) is 0.851. The molecule has 1 aliphatic heterocycles. The number of hydrogen-bond donors (Lipinski definition) is 1. The van der Waals surface area contributed by atoms with Crippen LogP contribution in [0.5, 0.6) is 0 Å². The molecule has 1 aliphatic rings. The first-order chi connectivity index (χ1) is 8.22. The Morgan fingerprint density at radius 1 is 1.47 bits per heavy atom. The Balaban J connectivity index is 1.93. The molecule has 1 saturated heterocycles. The highest BCUT2D eigenvalue weighted by Gasteiger charge is 2.29. The predicted octanol–water partition coefficient (Wildman–Crippen LogP) is 1.92. The lowest BCUT2D eigenvalue weighted by atomic mass is 10.0. The maximum atomic E-state index is 11.8. The van der Waals surface area contributed by atoms with Crippen LogP contribution in [0.15, 0.2) is 16.5 Å². The van der Waals surface area contributed by atoms with Gasteiger partial charge in [-0.05, 0) is 24.5 Å². The molecule has 2 heterocycles. The minimum absolute atomic E-state index is 0.0909. The first-order valence-electron chi connectivity index (χ1n) is 6.19. The summed E-state index contributed by atoms with van der Waals surface area (Å²) in [5, 5.41) is 8.90. The molecule has 1 amide bonds. The molecule has 0 aliphatic carbocycles. The van der Waals surface area contributed by atoms with Gasteiger partial charge in [0.2, 0.25) is 5.91 Å². The van der Waals surface area contributed by atoms with Crippen LogP contribution in [0.1, 0.15) is 37.7 Å². The van der Waals surface area contributed by atoms with Gasteiger partial charge in [0.1, 0.15) is 18.1 Å². The summed E-state index contributed by atoms with van der Waals surface area (Å²) in [5.41, 5.74) is 0. The molecule has 1 unspecified atom stereocenters. The Bertz CT molecular complexity index is 386. The van der Waals surface area contributed by atoms with Crippen molar-refractivity contribution in [3.8, 4) is 0 Å². The SMILES string of the molecule is CCCC1CC(=O)N(Cc2ccc(CO)o2)C1. The fourth-order valence-corrected chi connectivity index (χ4v) is 2.39. The number of hydrogen-bond acceptors (Lipinski definition) is 3. The minimum atomic E-state index is -0.0909. The summed E-state index contributed by atoms with van der Waals surface area (Å²) in [6.45, 7) is 3.42. The molecule has 94 valence electrons. The molecule has 4 nitrogen and oxygen atoms in total. The van der Waals surface area contributed by atoms with Crippen LogP contribution in [-0.4, -0.2) is 22.5 Å². The third-order valence-corrected chi connectivity index (χ3v) is 3.21. The van der Waals surface area contributed by atoms with Crippen molar-refractivity contribution in [1.29, 1.82) is 0 Å². The Labute approximate surface area is 101 Å². The van der Waals surface area contributed by atoms with Crippen molar-refractivity contribution in [2.75, 3.05) is 6.54 Å². The molecular weight excluding hydrogens is 218 g/mol. The van der Waals surface area contributed by atoms with Gasteiger partial charge in [-0.2, -0.15) is 0 Å². The minimum Gasteiger partial charge on any atom is -0.462 e. The first-order valence-corrected chi connectivity index (χ1v) is 6.19. The van der Waals surface area contributed by atoms with E-state index in [1.54, 1.807) is 6.07 Å². The molecule has 1 fully saturated rings. The second-order valence-electron chi connectivity index (χ2n) is 4.66. The number of rotatable bonds is 5. The van der Waals surface area contributed by atoms with E-state index in [4.69, 9.17) is 9.52 Å². The summed E-state index contributed by atoms with van der Waals surface area (Å²) >= 11 is 0. The van der Waals surface area contributed by atoms with Crippen LogP contribution < -0.4 is 0 Å². The van der Waals surface area contributed by atoms with Gasteiger partial charge in [0, 0.05) is 13.0 Å². The fraction of sp³-hybridized carbons (Fsp3) is 0.615. The van der Waals surface area contributed by atoms with Crippen LogP contribution in [0.4, 0.5) is 0 Å². The van der Waals surface area contributed by atoms with E-state index in [0.717, 1.165) is 25.1 Å². The average molecular weight is 237 g/mol. The van der Waals surface area contributed by atoms with Gasteiger partial charge in [-0.25, -0.2) is 0 Å². The van der Waals surface area contributed by atoms with E-state index in [1.807, 2.05) is 11.0 Å². The van der Waals surface area contributed by atoms with Crippen molar-refractivity contribution in [1.82, 2.24) is 4.90 Å². The van der Waals surface area contributed by atoms with Gasteiger partial charge >= 0.3 is 0 Å². The second-order valence-corrected chi connectivity index (χ2v) is 4.66. The van der Waals surface area contributed by atoms with Gasteiger partial charge in [0.25, 0.3) is 0 Å². The van der Waals surface area contributed by atoms with E-state index in [1.165, 1.54) is 0 Å². The maximum absolute atomic E-state index is 11.8. The lowest BCUT2D eigenvalue weighted by Gasteiger charge is -2.14. The summed E-state index contributed by atoms with van der Waals surface area (Å²) in [6.07, 6.45) is 2.91. The summed E-state index contributed by atoms with van der Waals surface area (Å²) < 4.78 is 5.39. The number of aliphatic hydroxyl groups excluding tert-OH is 1. The van der Waals surface area contributed by atoms with E-state index in [0.29, 0.717) is 24.6 Å². The molecule has 0 bridgehead atoms. The fourth-order valence-electron chi connectivity index (χ4n) is 2.39. The molecule has 1 N–H and O–H groups in total. The van der Waals surface area contributed by atoms with Crippen molar-refractivity contribution >= 4 is 5.91 Å². The van der Waals surface area contributed by atoms with Gasteiger partial charge in [-0.1, -0.05) is 13.3 Å². The van der Waals surface area contributed by atoms with Gasteiger partial charge in [0.15, 0.2) is 0 Å². The third kappa shape index (κ3) is 2.88. The molecule has 1 atom stereocenters. The number of carbonyl (C=O) groups is 1. The van der Waals surface area contributed by atoms with Crippen LogP contribution in [0.25, 0.3) is 0 Å². The van der Waals surface area contributed by atoms with Crippen molar-refractivity contribution in [2.24, 2.45) is 5.92 Å². The number of carbonyl (C=O) groups excluding carboxylic acids is 1. The molecule has 1 aromatic rings. The van der Waals surface area contributed by atoms with Gasteiger partial charge in [-0.15, -0.1) is 0 Å². The standard InChI is InChI=1S/C13H19NO3/c1-2-3-10-6-13(16)14(7-10)8-11-4-5-12(9-15)17-11/h4-5,10,15H,2-3,6-9H2,1H3. The number of likely N-dealkylation sites (tertiary alicyclic amines) is 1. The maximum Gasteiger partial charge on any atom is 0.223 e. The van der Waals surface area contributed by atoms with E-state index in [2.05, 4.69) is 6.92 Å². The van der Waals surface area contributed by atoms with Crippen LogP contribution in [0.3, 0.4) is 0 Å². The highest BCUT2D eigenvalue weighted by Crippen LogP contribution is 2.24. The summed E-state index contributed by atoms with van der Waals surface area (Å²) in [6, 6.07) is 3.57. The van der Waals surface area contributed by atoms with Crippen LogP contribution in [0, 0.1) is 5.92 Å². The largest absolute Gasteiger partial charge is 0.462 e. The molecule has 0 saturated carbocycles. The van der Waals surface area contributed by atoms with E-state index >= 15 is 0 Å². The molecule has 0 aromatic carbocycles. The number of amides is 1. The van der Waals surface area contributed by atoms with Gasteiger partial charge in [-0.3, -0.25) is 4.79 Å². The third-order valence-electron chi connectivity index (χ3n) is 3.21. The van der Waals surface area contributed by atoms with Crippen molar-refractivity contribution < 1.29 is 14.3 Å². The molecular formula is C13H19NO3. The zero-order valence-corrected chi connectivity index (χ0v) is 10.2. The highest BCUT2D eigenvalue weighted by molar-refractivity contribution is 5.78. The van der Waals surface area contributed by atoms with Gasteiger partial charge in [0.05, 0.1) is 6.54 Å². The molecule has 2 rings (SSSR count). The van der Waals surface area contributed by atoms with Crippen molar-refractivity contribution in [3.05, 3.63) is 23.7 Å². The summed E-state index contributed by atoms with van der Waals surface area (Å²) in [4.78, 5) is 13.6. The van der Waals surface area contributed by atoms with Crippen molar-refractivity contribution in [3.63, 3.8) is 0 Å². The Kier molecular flexibility index (Phi) is 3.84. The molecule has 0 spiro atoms. The zero-order valence-electron chi connectivity index (χ0n) is 10.2. The number of furan rings is 1. The van der Waals surface area contributed by atoms with E-state index < -0.39 is 0 Å². The Hall–Kier alpha value is -1.29. The highest BCUT2D eigenvalue weighted by atomic mass is 16.4. The first kappa shape index (κ1) is 12.2.